The standard InChI is InChI=1S/C21H24N4O7/c1-13(9-20(26)22-16-7-6-15(30-2)12-17(16)25(28)29)23-24-21(27)11-14-5-8-18(31-3)19(10-14)32-4/h5-8,10,12H,9,11H2,1-4H3,(H,22,26)(H,24,27). The fourth-order valence-electron chi connectivity index (χ4n) is 2.73. The number of hydrogen-bond acceptors (Lipinski definition) is 8. The lowest BCUT2D eigenvalue weighted by atomic mass is 10.1. The second-order valence-corrected chi connectivity index (χ2v) is 6.61. The normalized spacial score (nSPS) is 10.8. The number of anilines is 1. The van der Waals surface area contributed by atoms with Crippen LogP contribution >= 0.6 is 0 Å². The monoisotopic (exact) mass is 444 g/mol. The second kappa shape index (κ2) is 11.3. The van der Waals surface area contributed by atoms with Gasteiger partial charge in [-0.2, -0.15) is 5.10 Å². The maximum absolute atomic E-state index is 12.2. The van der Waals surface area contributed by atoms with Crippen molar-refractivity contribution in [2.45, 2.75) is 19.8 Å². The van der Waals surface area contributed by atoms with E-state index in [-0.39, 0.29) is 30.1 Å². The largest absolute Gasteiger partial charge is 0.496 e. The summed E-state index contributed by atoms with van der Waals surface area (Å²) >= 11 is 0. The average Bonchev–Trinajstić information content (AvgIpc) is 2.77. The van der Waals surface area contributed by atoms with E-state index in [1.807, 2.05) is 0 Å². The lowest BCUT2D eigenvalue weighted by Gasteiger charge is -2.09. The van der Waals surface area contributed by atoms with Gasteiger partial charge in [0.15, 0.2) is 11.5 Å². The zero-order valence-corrected chi connectivity index (χ0v) is 18.1. The van der Waals surface area contributed by atoms with Gasteiger partial charge in [-0.15, -0.1) is 0 Å². The van der Waals surface area contributed by atoms with E-state index in [2.05, 4.69) is 15.8 Å². The number of benzene rings is 2. The number of nitro benzene ring substituents is 1. The van der Waals surface area contributed by atoms with Crippen LogP contribution in [-0.4, -0.2) is 43.8 Å². The van der Waals surface area contributed by atoms with E-state index in [1.54, 1.807) is 25.1 Å². The minimum Gasteiger partial charge on any atom is -0.496 e. The Labute approximate surface area is 184 Å². The van der Waals surface area contributed by atoms with Gasteiger partial charge < -0.3 is 19.5 Å². The van der Waals surface area contributed by atoms with Gasteiger partial charge in [-0.05, 0) is 36.8 Å². The number of hydrazone groups is 1. The van der Waals surface area contributed by atoms with Gasteiger partial charge in [-0.25, -0.2) is 5.43 Å². The van der Waals surface area contributed by atoms with Gasteiger partial charge in [0.25, 0.3) is 5.69 Å². The number of methoxy groups -OCH3 is 3. The van der Waals surface area contributed by atoms with Crippen LogP contribution in [0.5, 0.6) is 17.2 Å². The summed E-state index contributed by atoms with van der Waals surface area (Å²) in [6.07, 6.45) is -0.124. The fourth-order valence-corrected chi connectivity index (χ4v) is 2.73. The molecule has 0 saturated heterocycles. The van der Waals surface area contributed by atoms with E-state index in [0.717, 1.165) is 0 Å². The molecule has 0 aromatic heterocycles. The third-order valence-corrected chi connectivity index (χ3v) is 4.28. The van der Waals surface area contributed by atoms with E-state index in [9.17, 15) is 19.7 Å². The van der Waals surface area contributed by atoms with E-state index < -0.39 is 10.8 Å². The Balaban J connectivity index is 1.94. The van der Waals surface area contributed by atoms with Crippen LogP contribution in [0.1, 0.15) is 18.9 Å². The predicted octanol–water partition coefficient (Wildman–Crippen LogP) is 2.68. The highest BCUT2D eigenvalue weighted by Gasteiger charge is 2.17. The average molecular weight is 444 g/mol. The van der Waals surface area contributed by atoms with Crippen molar-refractivity contribution in [3.63, 3.8) is 0 Å². The number of nitrogens with zero attached hydrogens (tertiary/aromatic N) is 2. The zero-order valence-electron chi connectivity index (χ0n) is 18.1. The number of ether oxygens (including phenoxy) is 3. The van der Waals surface area contributed by atoms with Crippen molar-refractivity contribution in [1.82, 2.24) is 5.43 Å². The van der Waals surface area contributed by atoms with E-state index in [0.29, 0.717) is 28.5 Å². The molecule has 2 N–H and O–H groups in total. The molecular weight excluding hydrogens is 420 g/mol. The zero-order chi connectivity index (χ0) is 23.7. The Hall–Kier alpha value is -4.15. The molecule has 0 radical (unpaired) electrons. The molecule has 0 aliphatic heterocycles. The summed E-state index contributed by atoms with van der Waals surface area (Å²) in [4.78, 5) is 35.0. The topological polar surface area (TPSA) is 141 Å². The molecule has 2 aromatic carbocycles. The molecule has 2 aromatic rings. The Kier molecular flexibility index (Phi) is 8.52. The highest BCUT2D eigenvalue weighted by atomic mass is 16.6. The highest BCUT2D eigenvalue weighted by molar-refractivity contribution is 6.06. The van der Waals surface area contributed by atoms with Gasteiger partial charge in [0.2, 0.25) is 11.8 Å². The minimum atomic E-state index is -0.618. The van der Waals surface area contributed by atoms with Gasteiger partial charge in [0.05, 0.1) is 45.2 Å². The molecular formula is C21H24N4O7. The molecule has 0 saturated carbocycles. The lowest BCUT2D eigenvalue weighted by Crippen LogP contribution is -2.23. The Morgan fingerprint density at radius 3 is 2.34 bits per heavy atom. The molecule has 2 amide bonds. The molecule has 0 spiro atoms. The molecule has 0 unspecified atom stereocenters. The molecule has 0 aliphatic carbocycles. The molecule has 0 atom stereocenters. The summed E-state index contributed by atoms with van der Waals surface area (Å²) in [6.45, 7) is 1.55. The van der Waals surface area contributed by atoms with Crippen LogP contribution in [-0.2, 0) is 16.0 Å². The third-order valence-electron chi connectivity index (χ3n) is 4.28. The van der Waals surface area contributed by atoms with Crippen LogP contribution in [0.4, 0.5) is 11.4 Å². The Morgan fingerprint density at radius 1 is 1.00 bits per heavy atom. The fraction of sp³-hybridized carbons (Fsp3) is 0.286. The van der Waals surface area contributed by atoms with Crippen molar-refractivity contribution in [2.75, 3.05) is 26.6 Å². The van der Waals surface area contributed by atoms with Crippen molar-refractivity contribution in [2.24, 2.45) is 5.10 Å². The number of amides is 2. The van der Waals surface area contributed by atoms with Gasteiger partial charge >= 0.3 is 0 Å². The number of nitro groups is 1. The van der Waals surface area contributed by atoms with Crippen LogP contribution in [0.2, 0.25) is 0 Å². The first-order valence-electron chi connectivity index (χ1n) is 9.42. The van der Waals surface area contributed by atoms with Gasteiger partial charge in [-0.3, -0.25) is 19.7 Å². The smallest absolute Gasteiger partial charge is 0.296 e. The van der Waals surface area contributed by atoms with E-state index in [1.165, 1.54) is 39.5 Å². The first-order valence-corrected chi connectivity index (χ1v) is 9.42. The van der Waals surface area contributed by atoms with Crippen molar-refractivity contribution in [3.05, 3.63) is 52.1 Å². The minimum absolute atomic E-state index is 0.0334. The van der Waals surface area contributed by atoms with Crippen LogP contribution in [0, 0.1) is 10.1 Å². The summed E-state index contributed by atoms with van der Waals surface area (Å²) in [7, 11) is 4.41. The second-order valence-electron chi connectivity index (χ2n) is 6.61. The first-order chi connectivity index (χ1) is 15.3. The number of carbonyl (C=O) groups excluding carboxylic acids is 2. The lowest BCUT2D eigenvalue weighted by molar-refractivity contribution is -0.384. The van der Waals surface area contributed by atoms with Crippen molar-refractivity contribution in [3.8, 4) is 17.2 Å². The molecule has 170 valence electrons. The number of hydrogen-bond donors (Lipinski definition) is 2. The SMILES string of the molecule is COc1ccc(NC(=O)CC(C)=NNC(=O)Cc2ccc(OC)c(OC)c2)c([N+](=O)[O-])c1. The maximum Gasteiger partial charge on any atom is 0.296 e. The molecule has 2 rings (SSSR count). The molecule has 0 aliphatic rings. The van der Waals surface area contributed by atoms with Crippen molar-refractivity contribution < 1.29 is 28.7 Å². The Bertz CT molecular complexity index is 1040. The summed E-state index contributed by atoms with van der Waals surface area (Å²) in [5.41, 5.74) is 3.13. The molecule has 11 heteroatoms. The third kappa shape index (κ3) is 6.69. The van der Waals surface area contributed by atoms with Gasteiger partial charge in [-0.1, -0.05) is 6.07 Å². The summed E-state index contributed by atoms with van der Waals surface area (Å²) in [6, 6.07) is 9.20. The predicted molar refractivity (Wildman–Crippen MR) is 117 cm³/mol. The molecule has 11 nitrogen and oxygen atoms in total. The molecule has 0 heterocycles. The van der Waals surface area contributed by atoms with Crippen LogP contribution in [0.25, 0.3) is 0 Å². The summed E-state index contributed by atoms with van der Waals surface area (Å²) in [5.74, 6) is 0.441. The van der Waals surface area contributed by atoms with E-state index in [4.69, 9.17) is 14.2 Å². The van der Waals surface area contributed by atoms with Crippen molar-refractivity contribution >= 4 is 28.9 Å². The number of nitrogens with one attached hydrogen (secondary N) is 2. The summed E-state index contributed by atoms with van der Waals surface area (Å²) in [5, 5.41) is 17.6. The van der Waals surface area contributed by atoms with Gasteiger partial charge in [0, 0.05) is 5.71 Å². The molecule has 0 bridgehead atoms. The maximum atomic E-state index is 12.2. The highest BCUT2D eigenvalue weighted by Crippen LogP contribution is 2.29. The molecule has 0 fully saturated rings. The first kappa shape index (κ1) is 24.1. The number of rotatable bonds is 10. The molecule has 32 heavy (non-hydrogen) atoms. The van der Waals surface area contributed by atoms with E-state index >= 15 is 0 Å². The van der Waals surface area contributed by atoms with Crippen LogP contribution < -0.4 is 25.0 Å². The van der Waals surface area contributed by atoms with Crippen LogP contribution in [0.15, 0.2) is 41.5 Å². The number of carbonyl (C=O) groups is 2. The van der Waals surface area contributed by atoms with Gasteiger partial charge in [0.1, 0.15) is 11.4 Å². The Morgan fingerprint density at radius 2 is 1.72 bits per heavy atom. The quantitative estimate of drug-likeness (QED) is 0.326. The summed E-state index contributed by atoms with van der Waals surface area (Å²) < 4.78 is 15.3. The van der Waals surface area contributed by atoms with Crippen LogP contribution in [0.3, 0.4) is 0 Å². The van der Waals surface area contributed by atoms with Crippen molar-refractivity contribution in [1.29, 1.82) is 0 Å².